The van der Waals surface area contributed by atoms with Gasteiger partial charge in [-0.25, -0.2) is 4.79 Å². The van der Waals surface area contributed by atoms with Crippen molar-refractivity contribution >= 4 is 6.03 Å². The molecule has 8 nitrogen and oxygen atoms in total. The smallest absolute Gasteiger partial charge is 0.312 e. The van der Waals surface area contributed by atoms with Crippen LogP contribution in [-0.4, -0.2) is 42.0 Å². The second-order valence-electron chi connectivity index (χ2n) is 4.92. The Balaban J connectivity index is 1.75. The highest BCUT2D eigenvalue weighted by atomic mass is 16.5. The van der Waals surface area contributed by atoms with E-state index in [9.17, 15) is 4.79 Å². The van der Waals surface area contributed by atoms with E-state index in [1.807, 2.05) is 6.92 Å². The van der Waals surface area contributed by atoms with E-state index >= 15 is 0 Å². The SMILES string of the molecule is CCOCCCc1nc(C2CCC(CNC(N)=O)O2)no1. The molecule has 1 aromatic rings. The molecule has 0 radical (unpaired) electrons. The van der Waals surface area contributed by atoms with Gasteiger partial charge in [-0.05, 0) is 26.2 Å². The van der Waals surface area contributed by atoms with Crippen molar-refractivity contribution in [1.82, 2.24) is 15.5 Å². The van der Waals surface area contributed by atoms with E-state index < -0.39 is 6.03 Å². The van der Waals surface area contributed by atoms with Gasteiger partial charge < -0.3 is 25.0 Å². The molecular weight excluding hydrogens is 276 g/mol. The van der Waals surface area contributed by atoms with Crippen LogP contribution in [0.5, 0.6) is 0 Å². The first-order chi connectivity index (χ1) is 10.2. The van der Waals surface area contributed by atoms with E-state index in [1.54, 1.807) is 0 Å². The van der Waals surface area contributed by atoms with Gasteiger partial charge in [0.2, 0.25) is 11.7 Å². The van der Waals surface area contributed by atoms with E-state index in [4.69, 9.17) is 19.7 Å². The lowest BCUT2D eigenvalue weighted by Crippen LogP contribution is -2.35. The average molecular weight is 298 g/mol. The molecule has 1 fully saturated rings. The second kappa shape index (κ2) is 7.94. The fourth-order valence-corrected chi connectivity index (χ4v) is 2.23. The minimum atomic E-state index is -0.543. The Morgan fingerprint density at radius 2 is 2.38 bits per heavy atom. The number of nitrogens with one attached hydrogen (secondary N) is 1. The van der Waals surface area contributed by atoms with Gasteiger partial charge in [-0.2, -0.15) is 4.98 Å². The predicted molar refractivity (Wildman–Crippen MR) is 73.5 cm³/mol. The molecule has 0 spiro atoms. The number of aryl methyl sites for hydroxylation is 1. The quantitative estimate of drug-likeness (QED) is 0.690. The molecule has 0 aromatic carbocycles. The standard InChI is InChI=1S/C13H22N4O4/c1-2-19-7-3-4-11-16-12(17-21-11)10-6-5-9(20-10)8-15-13(14)18/h9-10H,2-8H2,1H3,(H3,14,15,18). The van der Waals surface area contributed by atoms with Crippen molar-refractivity contribution < 1.29 is 18.8 Å². The Morgan fingerprint density at radius 1 is 1.52 bits per heavy atom. The summed E-state index contributed by atoms with van der Waals surface area (Å²) in [6, 6.07) is -0.543. The molecule has 0 aliphatic carbocycles. The van der Waals surface area contributed by atoms with E-state index in [0.717, 1.165) is 19.3 Å². The van der Waals surface area contributed by atoms with Crippen LogP contribution in [0.2, 0.25) is 0 Å². The minimum Gasteiger partial charge on any atom is -0.382 e. The third-order valence-corrected chi connectivity index (χ3v) is 3.27. The Bertz CT molecular complexity index is 451. The van der Waals surface area contributed by atoms with Crippen LogP contribution >= 0.6 is 0 Å². The number of carbonyl (C=O) groups excluding carboxylic acids is 1. The summed E-state index contributed by atoms with van der Waals surface area (Å²) in [4.78, 5) is 15.0. The minimum absolute atomic E-state index is 0.0533. The lowest BCUT2D eigenvalue weighted by atomic mass is 10.2. The summed E-state index contributed by atoms with van der Waals surface area (Å²) in [5.74, 6) is 1.18. The molecule has 2 unspecified atom stereocenters. The van der Waals surface area contributed by atoms with E-state index in [1.165, 1.54) is 0 Å². The van der Waals surface area contributed by atoms with Crippen molar-refractivity contribution in [2.75, 3.05) is 19.8 Å². The summed E-state index contributed by atoms with van der Waals surface area (Å²) in [5.41, 5.74) is 5.03. The first kappa shape index (κ1) is 15.7. The van der Waals surface area contributed by atoms with Gasteiger partial charge in [0.25, 0.3) is 0 Å². The monoisotopic (exact) mass is 298 g/mol. The fourth-order valence-electron chi connectivity index (χ4n) is 2.23. The summed E-state index contributed by atoms with van der Waals surface area (Å²) >= 11 is 0. The van der Waals surface area contributed by atoms with Crippen molar-refractivity contribution in [3.8, 4) is 0 Å². The second-order valence-corrected chi connectivity index (χ2v) is 4.92. The van der Waals surface area contributed by atoms with E-state index in [-0.39, 0.29) is 12.2 Å². The summed E-state index contributed by atoms with van der Waals surface area (Å²) < 4.78 is 16.2. The maximum Gasteiger partial charge on any atom is 0.312 e. The first-order valence-corrected chi connectivity index (χ1v) is 7.28. The molecule has 2 atom stereocenters. The number of hydrogen-bond acceptors (Lipinski definition) is 6. The molecule has 118 valence electrons. The van der Waals surface area contributed by atoms with Crippen molar-refractivity contribution in [2.45, 2.75) is 44.8 Å². The normalized spacial score (nSPS) is 21.6. The Kier molecular flexibility index (Phi) is 5.94. The zero-order valence-corrected chi connectivity index (χ0v) is 12.2. The maximum absolute atomic E-state index is 10.7. The number of nitrogens with zero attached hydrogens (tertiary/aromatic N) is 2. The van der Waals surface area contributed by atoms with Crippen LogP contribution in [0.1, 0.15) is 44.0 Å². The molecule has 2 amide bonds. The molecule has 1 aromatic heterocycles. The topological polar surface area (TPSA) is 113 Å². The van der Waals surface area contributed by atoms with Gasteiger partial charge in [-0.1, -0.05) is 5.16 Å². The van der Waals surface area contributed by atoms with Crippen LogP contribution < -0.4 is 11.1 Å². The molecule has 0 saturated carbocycles. The van der Waals surface area contributed by atoms with Crippen LogP contribution in [0.4, 0.5) is 4.79 Å². The van der Waals surface area contributed by atoms with Gasteiger partial charge in [0.05, 0.1) is 6.10 Å². The summed E-state index contributed by atoms with van der Waals surface area (Å²) in [6.45, 7) is 3.78. The van der Waals surface area contributed by atoms with E-state index in [0.29, 0.717) is 37.9 Å². The number of ether oxygens (including phenoxy) is 2. The molecule has 1 aliphatic rings. The van der Waals surface area contributed by atoms with Crippen molar-refractivity contribution in [1.29, 1.82) is 0 Å². The highest BCUT2D eigenvalue weighted by Gasteiger charge is 2.30. The van der Waals surface area contributed by atoms with Gasteiger partial charge in [0.15, 0.2) is 0 Å². The molecule has 2 heterocycles. The fraction of sp³-hybridized carbons (Fsp3) is 0.769. The average Bonchev–Trinajstić information content (AvgIpc) is 3.10. The van der Waals surface area contributed by atoms with Gasteiger partial charge in [0, 0.05) is 26.2 Å². The highest BCUT2D eigenvalue weighted by molar-refractivity contribution is 5.71. The number of primary amides is 1. The Labute approximate surface area is 123 Å². The number of carbonyl (C=O) groups is 1. The molecule has 0 bridgehead atoms. The number of nitrogens with two attached hydrogens (primary N) is 1. The number of urea groups is 1. The van der Waals surface area contributed by atoms with Crippen LogP contribution in [0, 0.1) is 0 Å². The molecule has 8 heteroatoms. The molecule has 3 N–H and O–H groups in total. The van der Waals surface area contributed by atoms with Crippen LogP contribution in [0.3, 0.4) is 0 Å². The van der Waals surface area contributed by atoms with Gasteiger partial charge in [0.1, 0.15) is 6.10 Å². The molecule has 2 rings (SSSR count). The largest absolute Gasteiger partial charge is 0.382 e. The van der Waals surface area contributed by atoms with E-state index in [2.05, 4.69) is 15.5 Å². The van der Waals surface area contributed by atoms with Crippen LogP contribution in [0.25, 0.3) is 0 Å². The third-order valence-electron chi connectivity index (χ3n) is 3.27. The Morgan fingerprint density at radius 3 is 3.14 bits per heavy atom. The molecule has 21 heavy (non-hydrogen) atoms. The van der Waals surface area contributed by atoms with Crippen molar-refractivity contribution in [2.24, 2.45) is 5.73 Å². The molecule has 1 saturated heterocycles. The molecule has 1 aliphatic heterocycles. The third kappa shape index (κ3) is 4.98. The maximum atomic E-state index is 10.7. The van der Waals surface area contributed by atoms with Gasteiger partial charge in [-0.3, -0.25) is 0 Å². The lowest BCUT2D eigenvalue weighted by Gasteiger charge is -2.11. The highest BCUT2D eigenvalue weighted by Crippen LogP contribution is 2.30. The van der Waals surface area contributed by atoms with Crippen molar-refractivity contribution in [3.05, 3.63) is 11.7 Å². The van der Waals surface area contributed by atoms with Gasteiger partial charge in [-0.15, -0.1) is 0 Å². The van der Waals surface area contributed by atoms with Crippen LogP contribution in [-0.2, 0) is 15.9 Å². The number of hydrogen-bond donors (Lipinski definition) is 2. The number of aromatic nitrogens is 2. The van der Waals surface area contributed by atoms with Gasteiger partial charge >= 0.3 is 6.03 Å². The Hall–Kier alpha value is -1.67. The number of rotatable bonds is 8. The summed E-state index contributed by atoms with van der Waals surface area (Å²) in [7, 11) is 0. The first-order valence-electron chi connectivity index (χ1n) is 7.28. The summed E-state index contributed by atoms with van der Waals surface area (Å²) in [6.07, 6.45) is 2.97. The zero-order chi connectivity index (χ0) is 15.1. The molecular formula is C13H22N4O4. The van der Waals surface area contributed by atoms with Crippen molar-refractivity contribution in [3.63, 3.8) is 0 Å². The van der Waals surface area contributed by atoms with Crippen LogP contribution in [0.15, 0.2) is 4.52 Å². The summed E-state index contributed by atoms with van der Waals surface area (Å²) in [5, 5.41) is 6.50. The number of amides is 2. The lowest BCUT2D eigenvalue weighted by molar-refractivity contribution is 0.0402. The zero-order valence-electron chi connectivity index (χ0n) is 12.2. The predicted octanol–water partition coefficient (Wildman–Crippen LogP) is 0.927.